The molecule has 3 nitrogen and oxygen atoms in total. The fourth-order valence-corrected chi connectivity index (χ4v) is 1.42. The Morgan fingerprint density at radius 1 is 1.35 bits per heavy atom. The first-order valence-corrected chi connectivity index (χ1v) is 5.68. The van der Waals surface area contributed by atoms with Crippen molar-refractivity contribution >= 4 is 17.7 Å². The highest BCUT2D eigenvalue weighted by atomic mass is 35.5. The number of alkyl halides is 1. The van der Waals surface area contributed by atoms with Crippen LogP contribution in [0, 0.1) is 12.0 Å². The maximum atomic E-state index is 10.9. The van der Waals surface area contributed by atoms with E-state index in [1.165, 1.54) is 0 Å². The van der Waals surface area contributed by atoms with Crippen LogP contribution in [0.1, 0.15) is 24.8 Å². The maximum Gasteiger partial charge on any atom is 0.419 e. The van der Waals surface area contributed by atoms with Crippen LogP contribution in [-0.4, -0.2) is 22.1 Å². The molecule has 1 aromatic carbocycles. The molecule has 0 heterocycles. The third-order valence-electron chi connectivity index (χ3n) is 2.13. The second-order valence-electron chi connectivity index (χ2n) is 3.78. The van der Waals surface area contributed by atoms with Gasteiger partial charge in [-0.3, -0.25) is 0 Å². The van der Waals surface area contributed by atoms with Crippen molar-refractivity contribution in [3.05, 3.63) is 35.9 Å². The van der Waals surface area contributed by atoms with Gasteiger partial charge in [-0.25, -0.2) is 9.69 Å². The molecule has 0 saturated carbocycles. The van der Waals surface area contributed by atoms with Crippen LogP contribution in [0.15, 0.2) is 30.3 Å². The lowest BCUT2D eigenvalue weighted by molar-refractivity contribution is 0.157. The number of nitrogens with zero attached hydrogens (tertiary/aromatic N) is 1. The van der Waals surface area contributed by atoms with E-state index in [-0.39, 0.29) is 6.04 Å². The number of halogens is 1. The molecule has 0 radical (unpaired) electrons. The normalized spacial score (nSPS) is 11.5. The zero-order valence-electron chi connectivity index (χ0n) is 9.72. The number of hydrogen-bond acceptors (Lipinski definition) is 1. The van der Waals surface area contributed by atoms with Crippen molar-refractivity contribution in [3.63, 3.8) is 0 Å². The molecule has 1 aromatic rings. The van der Waals surface area contributed by atoms with Gasteiger partial charge in [0.2, 0.25) is 0 Å². The molecule has 0 aliphatic rings. The molecular formula is C13H14ClNO2. The lowest BCUT2D eigenvalue weighted by atomic mass is 10.1. The summed E-state index contributed by atoms with van der Waals surface area (Å²) in [6.07, 6.45) is -1.07. The van der Waals surface area contributed by atoms with Crippen molar-refractivity contribution in [3.8, 4) is 12.0 Å². The first-order chi connectivity index (χ1) is 8.02. The Hall–Kier alpha value is -1.66. The number of amides is 1. The maximum absolute atomic E-state index is 10.9. The van der Waals surface area contributed by atoms with Crippen molar-refractivity contribution in [1.82, 2.24) is 4.90 Å². The molecule has 4 heteroatoms. The van der Waals surface area contributed by atoms with E-state index >= 15 is 0 Å². The third-order valence-corrected chi connectivity index (χ3v) is 2.49. The zero-order chi connectivity index (χ0) is 12.8. The minimum atomic E-state index is -1.07. The summed E-state index contributed by atoms with van der Waals surface area (Å²) in [5.74, 6) is 2.72. The van der Waals surface area contributed by atoms with Gasteiger partial charge >= 0.3 is 6.09 Å². The molecule has 90 valence electrons. The van der Waals surface area contributed by atoms with Crippen molar-refractivity contribution in [2.24, 2.45) is 0 Å². The highest BCUT2D eigenvalue weighted by Gasteiger charge is 2.13. The van der Waals surface area contributed by atoms with E-state index < -0.39 is 11.5 Å². The summed E-state index contributed by atoms with van der Waals surface area (Å²) in [5.41, 5.74) is 0.857. The number of benzene rings is 1. The van der Waals surface area contributed by atoms with Crippen LogP contribution in [0.4, 0.5) is 4.79 Å². The Labute approximate surface area is 106 Å². The summed E-state index contributed by atoms with van der Waals surface area (Å²) >= 11 is 6.07. The van der Waals surface area contributed by atoms with E-state index in [2.05, 4.69) is 12.0 Å². The number of carbonyl (C=O) groups is 1. The molecule has 0 aliphatic carbocycles. The van der Waals surface area contributed by atoms with Gasteiger partial charge in [0, 0.05) is 12.1 Å². The number of hydrogen-bond donors (Lipinski definition) is 1. The Kier molecular flexibility index (Phi) is 4.86. The van der Waals surface area contributed by atoms with Gasteiger partial charge in [0.05, 0.1) is 0 Å². The van der Waals surface area contributed by atoms with Gasteiger partial charge in [0.15, 0.2) is 0 Å². The predicted molar refractivity (Wildman–Crippen MR) is 67.8 cm³/mol. The molecule has 0 aliphatic heterocycles. The van der Waals surface area contributed by atoms with E-state index in [1.54, 1.807) is 13.8 Å². The molecular weight excluding hydrogens is 238 g/mol. The second-order valence-corrected chi connectivity index (χ2v) is 4.21. The average molecular weight is 252 g/mol. The van der Waals surface area contributed by atoms with Gasteiger partial charge < -0.3 is 5.11 Å². The van der Waals surface area contributed by atoms with E-state index in [4.69, 9.17) is 16.7 Å². The standard InChI is InChI=1S/C13H14ClNO2/c1-10(2)15(13(16)17)9-8-12(14)11-6-4-3-5-7-11/h3-7,10,12H,1-2H3,(H,16,17). The molecule has 1 amide bonds. The first kappa shape index (κ1) is 13.4. The minimum Gasteiger partial charge on any atom is -0.464 e. The van der Waals surface area contributed by atoms with Crippen LogP contribution >= 0.6 is 11.6 Å². The molecule has 17 heavy (non-hydrogen) atoms. The van der Waals surface area contributed by atoms with Gasteiger partial charge in [-0.15, -0.1) is 11.6 Å². The van der Waals surface area contributed by atoms with Gasteiger partial charge in [-0.2, -0.15) is 0 Å². The topological polar surface area (TPSA) is 40.5 Å². The summed E-state index contributed by atoms with van der Waals surface area (Å²) in [6, 6.07) is 11.7. The van der Waals surface area contributed by atoms with E-state index in [1.807, 2.05) is 30.3 Å². The summed E-state index contributed by atoms with van der Waals surface area (Å²) < 4.78 is 0. The van der Waals surface area contributed by atoms with Crippen LogP contribution in [0.2, 0.25) is 0 Å². The monoisotopic (exact) mass is 251 g/mol. The predicted octanol–water partition coefficient (Wildman–Crippen LogP) is 3.32. The van der Waals surface area contributed by atoms with Gasteiger partial charge in [-0.1, -0.05) is 36.3 Å². The minimum absolute atomic E-state index is 0.195. The van der Waals surface area contributed by atoms with Crippen molar-refractivity contribution in [2.45, 2.75) is 25.3 Å². The van der Waals surface area contributed by atoms with Crippen molar-refractivity contribution < 1.29 is 9.90 Å². The fourth-order valence-electron chi connectivity index (χ4n) is 1.23. The molecule has 1 rings (SSSR count). The largest absolute Gasteiger partial charge is 0.464 e. The van der Waals surface area contributed by atoms with Crippen LogP contribution in [0.25, 0.3) is 0 Å². The molecule has 0 spiro atoms. The highest BCUT2D eigenvalue weighted by molar-refractivity contribution is 6.22. The average Bonchev–Trinajstić information content (AvgIpc) is 2.29. The Morgan fingerprint density at radius 3 is 2.41 bits per heavy atom. The lowest BCUT2D eigenvalue weighted by Gasteiger charge is -2.15. The van der Waals surface area contributed by atoms with E-state index in [9.17, 15) is 4.79 Å². The van der Waals surface area contributed by atoms with Crippen LogP contribution in [0.3, 0.4) is 0 Å². The number of carboxylic acid groups (broad SMARTS) is 1. The van der Waals surface area contributed by atoms with E-state index in [0.29, 0.717) is 0 Å². The third kappa shape index (κ3) is 4.01. The van der Waals surface area contributed by atoms with Crippen molar-refractivity contribution in [1.29, 1.82) is 0 Å². The van der Waals surface area contributed by atoms with Gasteiger partial charge in [0.25, 0.3) is 0 Å². The van der Waals surface area contributed by atoms with Gasteiger partial charge in [-0.05, 0) is 19.4 Å². The molecule has 0 fully saturated rings. The Balaban J connectivity index is 2.81. The quantitative estimate of drug-likeness (QED) is 0.498. The smallest absolute Gasteiger partial charge is 0.419 e. The van der Waals surface area contributed by atoms with Gasteiger partial charge in [0.1, 0.15) is 5.38 Å². The molecule has 1 N–H and O–H groups in total. The molecule has 1 unspecified atom stereocenters. The SMILES string of the molecule is CC(C)N(C#CC(Cl)c1ccccc1)C(=O)O. The van der Waals surface area contributed by atoms with E-state index in [0.717, 1.165) is 10.5 Å². The molecule has 0 aromatic heterocycles. The van der Waals surface area contributed by atoms with Crippen LogP contribution in [0.5, 0.6) is 0 Å². The molecule has 0 saturated heterocycles. The van der Waals surface area contributed by atoms with Crippen LogP contribution < -0.4 is 0 Å². The van der Waals surface area contributed by atoms with Crippen LogP contribution in [-0.2, 0) is 0 Å². The fraction of sp³-hybridized carbons (Fsp3) is 0.308. The molecule has 1 atom stereocenters. The Morgan fingerprint density at radius 2 is 1.94 bits per heavy atom. The Bertz CT molecular complexity index is 434. The lowest BCUT2D eigenvalue weighted by Crippen LogP contribution is -2.31. The summed E-state index contributed by atoms with van der Waals surface area (Å²) in [7, 11) is 0. The zero-order valence-corrected chi connectivity index (χ0v) is 10.5. The second kappa shape index (κ2) is 6.17. The van der Waals surface area contributed by atoms with Crippen molar-refractivity contribution in [2.75, 3.05) is 0 Å². The summed E-state index contributed by atoms with van der Waals surface area (Å²) in [5, 5.41) is 8.40. The molecule has 0 bridgehead atoms. The summed E-state index contributed by atoms with van der Waals surface area (Å²) in [6.45, 7) is 3.52. The summed E-state index contributed by atoms with van der Waals surface area (Å²) in [4.78, 5) is 11.9. The number of rotatable bonds is 2. The highest BCUT2D eigenvalue weighted by Crippen LogP contribution is 2.18. The first-order valence-electron chi connectivity index (χ1n) is 5.24.